The monoisotopic (exact) mass is 345 g/mol. The molecule has 2 N–H and O–H groups in total. The molecule has 1 fully saturated rings. The van der Waals surface area contributed by atoms with Crippen LogP contribution in [-0.4, -0.2) is 44.6 Å². The van der Waals surface area contributed by atoms with Gasteiger partial charge in [-0.1, -0.05) is 6.92 Å². The fourth-order valence-corrected chi connectivity index (χ4v) is 3.37. The molecule has 134 valence electrons. The van der Waals surface area contributed by atoms with Gasteiger partial charge in [-0.15, -0.1) is 0 Å². The third-order valence-corrected chi connectivity index (χ3v) is 5.16. The van der Waals surface area contributed by atoms with Crippen molar-refractivity contribution in [2.75, 3.05) is 19.6 Å². The van der Waals surface area contributed by atoms with E-state index in [9.17, 15) is 14.4 Å². The van der Waals surface area contributed by atoms with Gasteiger partial charge in [0.15, 0.2) is 0 Å². The van der Waals surface area contributed by atoms with Crippen molar-refractivity contribution in [2.45, 2.75) is 20.3 Å². The van der Waals surface area contributed by atoms with E-state index < -0.39 is 11.2 Å². The molecule has 1 aliphatic rings. The second-order valence-electron chi connectivity index (χ2n) is 7.22. The van der Waals surface area contributed by atoms with Gasteiger partial charge in [-0.3, -0.25) is 18.7 Å². The van der Waals surface area contributed by atoms with Crippen molar-refractivity contribution in [3.8, 4) is 0 Å². The molecule has 3 rings (SSSR count). The third kappa shape index (κ3) is 2.66. The first kappa shape index (κ1) is 17.3. The first-order valence-corrected chi connectivity index (χ1v) is 8.25. The molecule has 3 heterocycles. The molecule has 1 aliphatic heterocycles. The van der Waals surface area contributed by atoms with Gasteiger partial charge in [0.2, 0.25) is 0 Å². The van der Waals surface area contributed by atoms with Crippen molar-refractivity contribution in [3.63, 3.8) is 0 Å². The van der Waals surface area contributed by atoms with E-state index in [1.165, 1.54) is 11.6 Å². The molecule has 0 saturated carbocycles. The van der Waals surface area contributed by atoms with Gasteiger partial charge < -0.3 is 10.6 Å². The van der Waals surface area contributed by atoms with Gasteiger partial charge in [0.25, 0.3) is 11.5 Å². The highest BCUT2D eigenvalue weighted by molar-refractivity contribution is 5.95. The van der Waals surface area contributed by atoms with Gasteiger partial charge in [0.1, 0.15) is 11.3 Å². The Bertz CT molecular complexity index is 990. The number of hydrogen-bond donors (Lipinski definition) is 1. The predicted octanol–water partition coefficient (Wildman–Crippen LogP) is -0.248. The zero-order valence-corrected chi connectivity index (χ0v) is 15.0. The quantitative estimate of drug-likeness (QED) is 0.808. The lowest BCUT2D eigenvalue weighted by atomic mass is 9.90. The van der Waals surface area contributed by atoms with Crippen LogP contribution in [-0.2, 0) is 14.1 Å². The SMILES string of the molecule is Cc1cc(C(=O)N2CCC(C)(CN)C2)nc2c1c(=O)n(C)c(=O)n2C. The fraction of sp³-hybridized carbons (Fsp3) is 0.529. The van der Waals surface area contributed by atoms with Crippen LogP contribution in [0.25, 0.3) is 11.0 Å². The average Bonchev–Trinajstić information content (AvgIpc) is 2.99. The molecule has 8 heteroatoms. The number of aromatic nitrogens is 3. The molecule has 0 aromatic carbocycles. The van der Waals surface area contributed by atoms with E-state index in [1.54, 1.807) is 24.9 Å². The average molecular weight is 345 g/mol. The summed E-state index contributed by atoms with van der Waals surface area (Å²) >= 11 is 0. The molecule has 2 aromatic heterocycles. The molecule has 0 spiro atoms. The summed E-state index contributed by atoms with van der Waals surface area (Å²) in [6, 6.07) is 1.62. The summed E-state index contributed by atoms with van der Waals surface area (Å²) in [4.78, 5) is 43.5. The standard InChI is InChI=1S/C17H23N5O3/c1-10-7-11(14(23)22-6-5-17(2,8-18)9-22)19-13-12(10)15(24)21(4)16(25)20(13)3/h7H,5-6,8-9,18H2,1-4H3. The fourth-order valence-electron chi connectivity index (χ4n) is 3.37. The minimum absolute atomic E-state index is 0.0790. The predicted molar refractivity (Wildman–Crippen MR) is 94.6 cm³/mol. The van der Waals surface area contributed by atoms with E-state index in [0.717, 1.165) is 11.0 Å². The number of aryl methyl sites for hydroxylation is 2. The molecular formula is C17H23N5O3. The molecular weight excluding hydrogens is 322 g/mol. The molecule has 0 aliphatic carbocycles. The normalized spacial score (nSPS) is 20.4. The lowest BCUT2D eigenvalue weighted by Gasteiger charge is -2.22. The Hall–Kier alpha value is -2.48. The summed E-state index contributed by atoms with van der Waals surface area (Å²) in [6.45, 7) is 5.54. The molecule has 8 nitrogen and oxygen atoms in total. The Morgan fingerprint density at radius 2 is 2.00 bits per heavy atom. The van der Waals surface area contributed by atoms with E-state index >= 15 is 0 Å². The maximum atomic E-state index is 12.8. The highest BCUT2D eigenvalue weighted by Crippen LogP contribution is 2.29. The molecule has 0 radical (unpaired) electrons. The highest BCUT2D eigenvalue weighted by atomic mass is 16.2. The van der Waals surface area contributed by atoms with Crippen molar-refractivity contribution < 1.29 is 4.79 Å². The maximum Gasteiger partial charge on any atom is 0.332 e. The van der Waals surface area contributed by atoms with Gasteiger partial charge in [-0.05, 0) is 36.9 Å². The lowest BCUT2D eigenvalue weighted by molar-refractivity contribution is 0.0771. The van der Waals surface area contributed by atoms with E-state index in [1.807, 2.05) is 0 Å². The first-order valence-electron chi connectivity index (χ1n) is 8.25. The van der Waals surface area contributed by atoms with E-state index in [0.29, 0.717) is 30.6 Å². The number of nitrogens with zero attached hydrogens (tertiary/aromatic N) is 4. The van der Waals surface area contributed by atoms with Crippen LogP contribution in [0.15, 0.2) is 15.7 Å². The summed E-state index contributed by atoms with van der Waals surface area (Å²) < 4.78 is 2.35. The molecule has 1 unspecified atom stereocenters. The van der Waals surface area contributed by atoms with Crippen LogP contribution in [0.5, 0.6) is 0 Å². The van der Waals surface area contributed by atoms with Gasteiger partial charge in [0, 0.05) is 27.2 Å². The van der Waals surface area contributed by atoms with Crippen LogP contribution in [0.1, 0.15) is 29.4 Å². The Kier molecular flexibility index (Phi) is 4.03. The molecule has 0 bridgehead atoms. The van der Waals surface area contributed by atoms with Crippen LogP contribution in [0.3, 0.4) is 0 Å². The van der Waals surface area contributed by atoms with Gasteiger partial charge >= 0.3 is 5.69 Å². The number of likely N-dealkylation sites (tertiary alicyclic amines) is 1. The number of nitrogens with two attached hydrogens (primary N) is 1. The minimum Gasteiger partial charge on any atom is -0.337 e. The highest BCUT2D eigenvalue weighted by Gasteiger charge is 2.35. The van der Waals surface area contributed by atoms with Crippen LogP contribution in [0.4, 0.5) is 0 Å². The smallest absolute Gasteiger partial charge is 0.332 e. The summed E-state index contributed by atoms with van der Waals surface area (Å²) in [5, 5.41) is 0.356. The minimum atomic E-state index is -0.467. The first-order chi connectivity index (χ1) is 11.7. The Labute approximate surface area is 144 Å². The zero-order valence-electron chi connectivity index (χ0n) is 15.0. The Morgan fingerprint density at radius 3 is 2.60 bits per heavy atom. The number of amides is 1. The van der Waals surface area contributed by atoms with E-state index in [2.05, 4.69) is 11.9 Å². The number of fused-ring (bicyclic) bond motifs is 1. The van der Waals surface area contributed by atoms with Crippen molar-refractivity contribution in [3.05, 3.63) is 38.2 Å². The van der Waals surface area contributed by atoms with Gasteiger partial charge in [0.05, 0.1) is 5.39 Å². The zero-order chi connectivity index (χ0) is 18.5. The molecule has 1 saturated heterocycles. The molecule has 1 atom stereocenters. The second-order valence-corrected chi connectivity index (χ2v) is 7.22. The van der Waals surface area contributed by atoms with Gasteiger partial charge in [-0.2, -0.15) is 0 Å². The topological polar surface area (TPSA) is 103 Å². The van der Waals surface area contributed by atoms with Crippen molar-refractivity contribution in [1.82, 2.24) is 19.0 Å². The Morgan fingerprint density at radius 1 is 1.32 bits per heavy atom. The second kappa shape index (κ2) is 5.80. The largest absolute Gasteiger partial charge is 0.337 e. The molecule has 1 amide bonds. The summed E-state index contributed by atoms with van der Waals surface area (Å²) in [7, 11) is 2.98. The van der Waals surface area contributed by atoms with Crippen LogP contribution in [0, 0.1) is 12.3 Å². The third-order valence-electron chi connectivity index (χ3n) is 5.16. The summed E-state index contributed by atoms with van der Waals surface area (Å²) in [5.74, 6) is -0.199. The maximum absolute atomic E-state index is 12.8. The summed E-state index contributed by atoms with van der Waals surface area (Å²) in [5.41, 5.74) is 5.97. The van der Waals surface area contributed by atoms with Crippen LogP contribution >= 0.6 is 0 Å². The van der Waals surface area contributed by atoms with Crippen molar-refractivity contribution in [1.29, 1.82) is 0 Å². The van der Waals surface area contributed by atoms with E-state index in [-0.39, 0.29) is 22.7 Å². The van der Waals surface area contributed by atoms with Gasteiger partial charge in [-0.25, -0.2) is 9.78 Å². The molecule has 2 aromatic rings. The lowest BCUT2D eigenvalue weighted by Crippen LogP contribution is -2.38. The number of pyridine rings is 1. The number of rotatable bonds is 2. The van der Waals surface area contributed by atoms with Crippen LogP contribution in [0.2, 0.25) is 0 Å². The van der Waals surface area contributed by atoms with E-state index in [4.69, 9.17) is 5.73 Å². The number of carbonyl (C=O) groups is 1. The van der Waals surface area contributed by atoms with Crippen LogP contribution < -0.4 is 17.0 Å². The number of carbonyl (C=O) groups excluding carboxylic acids is 1. The number of hydrogen-bond acceptors (Lipinski definition) is 5. The van der Waals surface area contributed by atoms with Crippen molar-refractivity contribution in [2.24, 2.45) is 25.2 Å². The van der Waals surface area contributed by atoms with Crippen molar-refractivity contribution >= 4 is 16.9 Å². The molecule has 25 heavy (non-hydrogen) atoms. The summed E-state index contributed by atoms with van der Waals surface area (Å²) in [6.07, 6.45) is 0.848. The Balaban J connectivity index is 2.12.